The molecule has 2 unspecified atom stereocenters. The predicted molar refractivity (Wildman–Crippen MR) is 125 cm³/mol. The third-order valence-corrected chi connectivity index (χ3v) is 5.57. The van der Waals surface area contributed by atoms with Gasteiger partial charge in [-0.1, -0.05) is 6.07 Å². The Morgan fingerprint density at radius 1 is 1.20 bits per heavy atom. The minimum absolute atomic E-state index is 0.0269. The first-order valence-electron chi connectivity index (χ1n) is 11.1. The third kappa shape index (κ3) is 6.11. The minimum Gasteiger partial charge on any atom is -0.487 e. The number of benzene rings is 2. The number of hydrogen-bond acceptors (Lipinski definition) is 5. The average molecular weight is 489 g/mol. The van der Waals surface area contributed by atoms with Gasteiger partial charge in [-0.05, 0) is 49.4 Å². The van der Waals surface area contributed by atoms with Gasteiger partial charge in [-0.2, -0.15) is 18.3 Å². The molecule has 2 heterocycles. The van der Waals surface area contributed by atoms with Gasteiger partial charge in [0.2, 0.25) is 0 Å². The number of nitrogens with one attached hydrogen (secondary N) is 3. The van der Waals surface area contributed by atoms with Crippen molar-refractivity contribution in [3.63, 3.8) is 0 Å². The molecule has 1 saturated heterocycles. The molecule has 2 atom stereocenters. The lowest BCUT2D eigenvalue weighted by Gasteiger charge is -2.29. The summed E-state index contributed by atoms with van der Waals surface area (Å²) in [7, 11) is 1.79. The van der Waals surface area contributed by atoms with Crippen LogP contribution in [0.1, 0.15) is 12.5 Å². The molecule has 0 bridgehead atoms. The number of urea groups is 1. The van der Waals surface area contributed by atoms with E-state index in [1.807, 2.05) is 13.0 Å². The van der Waals surface area contributed by atoms with Crippen molar-refractivity contribution in [3.05, 3.63) is 60.3 Å². The molecule has 1 aromatic heterocycles. The van der Waals surface area contributed by atoms with Gasteiger partial charge in [0.05, 0.1) is 17.9 Å². The molecule has 4 rings (SSSR count). The molecule has 2 amide bonds. The monoisotopic (exact) mass is 489 g/mol. The molecule has 3 N–H and O–H groups in total. The van der Waals surface area contributed by atoms with Crippen molar-refractivity contribution < 1.29 is 27.4 Å². The van der Waals surface area contributed by atoms with Crippen molar-refractivity contribution in [2.45, 2.75) is 25.3 Å². The molecule has 0 radical (unpaired) electrons. The first-order chi connectivity index (χ1) is 16.7. The number of aryl methyl sites for hydroxylation is 1. The number of amides is 2. The quantitative estimate of drug-likeness (QED) is 0.474. The van der Waals surface area contributed by atoms with Crippen molar-refractivity contribution in [3.8, 4) is 17.0 Å². The number of nitrogens with zero attached hydrogens (tertiary/aromatic N) is 2. The van der Waals surface area contributed by atoms with Crippen molar-refractivity contribution in [1.29, 1.82) is 0 Å². The highest BCUT2D eigenvalue weighted by Gasteiger charge is 2.30. The number of hydrogen-bond donors (Lipinski definition) is 3. The Kier molecular flexibility index (Phi) is 7.27. The zero-order valence-corrected chi connectivity index (χ0v) is 19.2. The summed E-state index contributed by atoms with van der Waals surface area (Å²) in [5, 5.41) is 12.6. The van der Waals surface area contributed by atoms with Crippen LogP contribution in [0, 0.1) is 0 Å². The zero-order valence-electron chi connectivity index (χ0n) is 19.2. The van der Waals surface area contributed by atoms with Crippen LogP contribution in [-0.4, -0.2) is 47.7 Å². The van der Waals surface area contributed by atoms with Gasteiger partial charge >= 0.3 is 12.2 Å². The Labute approximate surface area is 200 Å². The van der Waals surface area contributed by atoms with Gasteiger partial charge in [-0.25, -0.2) is 4.79 Å². The van der Waals surface area contributed by atoms with Gasteiger partial charge in [0, 0.05) is 43.3 Å². The SMILES string of the molecule is CC(Oc1ccc(NC(=O)Nc2cccc(C(F)(F)F)c2)cc1-c1ccnn1C)C1CNCCO1. The smallest absolute Gasteiger partial charge is 0.416 e. The molecule has 0 spiro atoms. The number of halogens is 3. The molecular weight excluding hydrogens is 463 g/mol. The molecule has 0 aliphatic carbocycles. The van der Waals surface area contributed by atoms with Crippen molar-refractivity contribution >= 4 is 17.4 Å². The second-order valence-electron chi connectivity index (χ2n) is 8.15. The summed E-state index contributed by atoms with van der Waals surface area (Å²) in [6.07, 6.45) is -3.20. The largest absolute Gasteiger partial charge is 0.487 e. The number of aromatic nitrogens is 2. The fraction of sp³-hybridized carbons (Fsp3) is 0.333. The van der Waals surface area contributed by atoms with Crippen LogP contribution < -0.4 is 20.7 Å². The Balaban J connectivity index is 1.52. The lowest BCUT2D eigenvalue weighted by atomic mass is 10.1. The topological polar surface area (TPSA) is 89.4 Å². The van der Waals surface area contributed by atoms with Gasteiger partial charge < -0.3 is 25.4 Å². The number of carbonyl (C=O) groups is 1. The Hall–Kier alpha value is -3.57. The maximum Gasteiger partial charge on any atom is 0.416 e. The standard InChI is InChI=1S/C24H26F3N5O3/c1-15(22-14-28-10-11-34-22)35-21-7-6-18(13-19(21)20-8-9-29-32(20)2)31-23(33)30-17-5-3-4-16(12-17)24(25,26)27/h3-9,12-13,15,22,28H,10-11,14H2,1-2H3,(H2,30,31,33). The van der Waals surface area contributed by atoms with Crippen molar-refractivity contribution in [1.82, 2.24) is 15.1 Å². The van der Waals surface area contributed by atoms with E-state index in [1.54, 1.807) is 36.1 Å². The summed E-state index contributed by atoms with van der Waals surface area (Å²) in [6.45, 7) is 4.01. The number of anilines is 2. The molecule has 2 aromatic carbocycles. The van der Waals surface area contributed by atoms with Crippen molar-refractivity contribution in [2.75, 3.05) is 30.3 Å². The van der Waals surface area contributed by atoms with E-state index in [1.165, 1.54) is 12.1 Å². The van der Waals surface area contributed by atoms with E-state index in [4.69, 9.17) is 9.47 Å². The summed E-state index contributed by atoms with van der Waals surface area (Å²) in [4.78, 5) is 12.5. The molecule has 0 saturated carbocycles. The van der Waals surface area contributed by atoms with Crippen LogP contribution in [0.3, 0.4) is 0 Å². The Bertz CT molecular complexity index is 1180. The number of morpholine rings is 1. The molecule has 1 fully saturated rings. The predicted octanol–water partition coefficient (Wildman–Crippen LogP) is 4.51. The van der Waals surface area contributed by atoms with Gasteiger partial charge in [-0.3, -0.25) is 4.68 Å². The Morgan fingerprint density at radius 2 is 1.97 bits per heavy atom. The summed E-state index contributed by atoms with van der Waals surface area (Å²) >= 11 is 0. The normalized spacial score (nSPS) is 17.0. The summed E-state index contributed by atoms with van der Waals surface area (Å²) in [6, 6.07) is 10.7. The molecular formula is C24H26F3N5O3. The molecule has 1 aliphatic rings. The van der Waals surface area contributed by atoms with Crippen LogP contribution in [0.4, 0.5) is 29.3 Å². The van der Waals surface area contributed by atoms with Crippen LogP contribution in [0.5, 0.6) is 5.75 Å². The van der Waals surface area contributed by atoms with E-state index in [0.717, 1.165) is 24.4 Å². The number of rotatable bonds is 6. The number of ether oxygens (including phenoxy) is 2. The Morgan fingerprint density at radius 3 is 2.63 bits per heavy atom. The van der Waals surface area contributed by atoms with Crippen molar-refractivity contribution in [2.24, 2.45) is 7.05 Å². The van der Waals surface area contributed by atoms with E-state index >= 15 is 0 Å². The van der Waals surface area contributed by atoms with Crippen LogP contribution >= 0.6 is 0 Å². The third-order valence-electron chi connectivity index (χ3n) is 5.57. The lowest BCUT2D eigenvalue weighted by Crippen LogP contribution is -2.46. The van der Waals surface area contributed by atoms with Crippen LogP contribution in [0.15, 0.2) is 54.7 Å². The average Bonchev–Trinajstić information content (AvgIpc) is 3.25. The highest BCUT2D eigenvalue weighted by Crippen LogP contribution is 2.34. The summed E-state index contributed by atoms with van der Waals surface area (Å²) < 4.78 is 52.5. The molecule has 3 aromatic rings. The fourth-order valence-electron chi connectivity index (χ4n) is 3.78. The fourth-order valence-corrected chi connectivity index (χ4v) is 3.78. The maximum atomic E-state index is 13.0. The minimum atomic E-state index is -4.50. The summed E-state index contributed by atoms with van der Waals surface area (Å²) in [5.74, 6) is 0.583. The molecule has 8 nitrogen and oxygen atoms in total. The van der Waals surface area contributed by atoms with Gasteiger partial charge in [0.15, 0.2) is 0 Å². The molecule has 11 heteroatoms. The van der Waals surface area contributed by atoms with Crippen LogP contribution in [0.25, 0.3) is 11.3 Å². The summed E-state index contributed by atoms with van der Waals surface area (Å²) in [5.41, 5.74) is 1.07. The highest BCUT2D eigenvalue weighted by molar-refractivity contribution is 6.00. The highest BCUT2D eigenvalue weighted by atomic mass is 19.4. The van der Waals surface area contributed by atoms with Gasteiger partial charge in [0.25, 0.3) is 0 Å². The second-order valence-corrected chi connectivity index (χ2v) is 8.15. The first-order valence-corrected chi connectivity index (χ1v) is 11.1. The van der Waals surface area contributed by atoms with Gasteiger partial charge in [0.1, 0.15) is 18.0 Å². The molecule has 35 heavy (non-hydrogen) atoms. The second kappa shape index (κ2) is 10.4. The molecule has 186 valence electrons. The van der Waals surface area contributed by atoms with Crippen LogP contribution in [0.2, 0.25) is 0 Å². The van der Waals surface area contributed by atoms with Crippen LogP contribution in [-0.2, 0) is 18.0 Å². The van der Waals surface area contributed by atoms with E-state index in [0.29, 0.717) is 30.2 Å². The number of alkyl halides is 3. The maximum absolute atomic E-state index is 13.0. The van der Waals surface area contributed by atoms with Gasteiger partial charge in [-0.15, -0.1) is 0 Å². The first kappa shape index (κ1) is 24.6. The molecule has 1 aliphatic heterocycles. The number of carbonyl (C=O) groups excluding carboxylic acids is 1. The van der Waals surface area contributed by atoms with E-state index < -0.39 is 17.8 Å². The zero-order chi connectivity index (χ0) is 25.0. The van der Waals surface area contributed by atoms with E-state index in [-0.39, 0.29) is 17.9 Å². The van der Waals surface area contributed by atoms with E-state index in [9.17, 15) is 18.0 Å². The lowest BCUT2D eigenvalue weighted by molar-refractivity contribution is -0.137. The van der Waals surface area contributed by atoms with E-state index in [2.05, 4.69) is 21.0 Å².